The minimum absolute atomic E-state index is 0.166. The third kappa shape index (κ3) is 5.96. The first-order valence-electron chi connectivity index (χ1n) is 11.6. The number of ether oxygens (including phenoxy) is 1. The molecule has 0 spiro atoms. The Morgan fingerprint density at radius 1 is 1.15 bits per heavy atom. The first kappa shape index (κ1) is 22.9. The Labute approximate surface area is 194 Å². The molecule has 8 nitrogen and oxygen atoms in total. The van der Waals surface area contributed by atoms with E-state index in [1.54, 1.807) is 18.3 Å². The summed E-state index contributed by atoms with van der Waals surface area (Å²) in [6.45, 7) is 8.91. The molecule has 3 N–H and O–H groups in total. The maximum absolute atomic E-state index is 12.5. The SMILES string of the molecule is CC(C)Nc1nc(C(C)OC(=O)c2ccccc2)cc2cnc(NCC3CCNCC3)nc12. The summed E-state index contributed by atoms with van der Waals surface area (Å²) >= 11 is 0. The largest absolute Gasteiger partial charge is 0.453 e. The van der Waals surface area contributed by atoms with E-state index in [2.05, 4.69) is 34.8 Å². The number of hydrogen-bond donors (Lipinski definition) is 3. The lowest BCUT2D eigenvalue weighted by molar-refractivity contribution is 0.0330. The average molecular weight is 449 g/mol. The van der Waals surface area contributed by atoms with Crippen LogP contribution in [0.4, 0.5) is 11.8 Å². The van der Waals surface area contributed by atoms with Crippen molar-refractivity contribution < 1.29 is 9.53 Å². The average Bonchev–Trinajstić information content (AvgIpc) is 2.83. The molecule has 0 amide bonds. The normalized spacial score (nSPS) is 15.4. The summed E-state index contributed by atoms with van der Waals surface area (Å²) in [5.41, 5.74) is 1.91. The van der Waals surface area contributed by atoms with Crippen LogP contribution in [-0.4, -0.2) is 46.6 Å². The van der Waals surface area contributed by atoms with E-state index in [0.29, 0.717) is 28.9 Å². The zero-order valence-corrected chi connectivity index (χ0v) is 19.5. The van der Waals surface area contributed by atoms with E-state index in [0.717, 1.165) is 43.4 Å². The van der Waals surface area contributed by atoms with Crippen molar-refractivity contribution >= 4 is 28.6 Å². The van der Waals surface area contributed by atoms with Crippen molar-refractivity contribution in [1.82, 2.24) is 20.3 Å². The molecule has 0 saturated carbocycles. The maximum atomic E-state index is 12.5. The minimum atomic E-state index is -0.521. The minimum Gasteiger partial charge on any atom is -0.453 e. The van der Waals surface area contributed by atoms with E-state index in [1.807, 2.05) is 31.2 Å². The molecule has 3 aromatic rings. The fourth-order valence-corrected chi connectivity index (χ4v) is 3.91. The second-order valence-corrected chi connectivity index (χ2v) is 8.81. The van der Waals surface area contributed by atoms with Crippen LogP contribution in [0.1, 0.15) is 55.8 Å². The molecule has 0 bridgehead atoms. The van der Waals surface area contributed by atoms with Gasteiger partial charge in [0, 0.05) is 24.2 Å². The number of fused-ring (bicyclic) bond motifs is 1. The Morgan fingerprint density at radius 2 is 1.91 bits per heavy atom. The van der Waals surface area contributed by atoms with Gasteiger partial charge in [0.25, 0.3) is 0 Å². The highest BCUT2D eigenvalue weighted by Crippen LogP contribution is 2.27. The van der Waals surface area contributed by atoms with E-state index in [9.17, 15) is 4.79 Å². The first-order valence-corrected chi connectivity index (χ1v) is 11.6. The molecule has 33 heavy (non-hydrogen) atoms. The van der Waals surface area contributed by atoms with Crippen LogP contribution in [-0.2, 0) is 4.74 Å². The predicted octanol–water partition coefficient (Wildman–Crippen LogP) is 4.17. The van der Waals surface area contributed by atoms with Crippen LogP contribution >= 0.6 is 0 Å². The van der Waals surface area contributed by atoms with Crippen LogP contribution < -0.4 is 16.0 Å². The highest BCUT2D eigenvalue weighted by atomic mass is 16.5. The highest BCUT2D eigenvalue weighted by molar-refractivity contribution is 5.90. The van der Waals surface area contributed by atoms with Gasteiger partial charge in [-0.2, -0.15) is 0 Å². The topological polar surface area (TPSA) is 101 Å². The number of carbonyl (C=O) groups is 1. The fraction of sp³-hybridized carbons (Fsp3) is 0.440. The van der Waals surface area contributed by atoms with Crippen molar-refractivity contribution in [3.05, 3.63) is 53.9 Å². The van der Waals surface area contributed by atoms with Crippen molar-refractivity contribution in [2.45, 2.75) is 45.8 Å². The van der Waals surface area contributed by atoms with E-state index in [-0.39, 0.29) is 12.0 Å². The molecule has 174 valence electrons. The Kier molecular flexibility index (Phi) is 7.34. The van der Waals surface area contributed by atoms with Crippen LogP contribution in [0.5, 0.6) is 0 Å². The molecule has 1 aromatic carbocycles. The molecule has 1 aliphatic rings. The number of pyridine rings is 1. The summed E-state index contributed by atoms with van der Waals surface area (Å²) in [5.74, 6) is 1.51. The predicted molar refractivity (Wildman–Crippen MR) is 130 cm³/mol. The smallest absolute Gasteiger partial charge is 0.338 e. The standard InChI is InChI=1S/C25H32N6O2/c1-16(2)29-23-22-20(15-28-25(31-22)27-14-18-9-11-26-12-10-18)13-21(30-23)17(3)33-24(32)19-7-5-4-6-8-19/h4-8,13,15-18,26H,9-12,14H2,1-3H3,(H,29,30)(H,27,28,31). The molecule has 1 saturated heterocycles. The number of nitrogens with zero attached hydrogens (tertiary/aromatic N) is 3. The lowest BCUT2D eigenvalue weighted by atomic mass is 9.98. The quantitative estimate of drug-likeness (QED) is 0.441. The van der Waals surface area contributed by atoms with Gasteiger partial charge in [-0.3, -0.25) is 0 Å². The first-order chi connectivity index (χ1) is 16.0. The van der Waals surface area contributed by atoms with Gasteiger partial charge >= 0.3 is 5.97 Å². The Morgan fingerprint density at radius 3 is 2.64 bits per heavy atom. The van der Waals surface area contributed by atoms with Crippen molar-refractivity contribution in [3.63, 3.8) is 0 Å². The van der Waals surface area contributed by atoms with Gasteiger partial charge in [-0.25, -0.2) is 19.7 Å². The van der Waals surface area contributed by atoms with Crippen molar-refractivity contribution in [2.24, 2.45) is 5.92 Å². The molecule has 1 aliphatic heterocycles. The molecule has 3 heterocycles. The van der Waals surface area contributed by atoms with E-state index < -0.39 is 6.10 Å². The summed E-state index contributed by atoms with van der Waals surface area (Å²) in [5, 5.41) is 11.0. The highest BCUT2D eigenvalue weighted by Gasteiger charge is 2.19. The van der Waals surface area contributed by atoms with Gasteiger partial charge < -0.3 is 20.7 Å². The summed E-state index contributed by atoms with van der Waals surface area (Å²) in [6, 6.07) is 11.0. The fourth-order valence-electron chi connectivity index (χ4n) is 3.91. The van der Waals surface area contributed by atoms with Crippen LogP contribution in [0.15, 0.2) is 42.6 Å². The van der Waals surface area contributed by atoms with Gasteiger partial charge in [-0.1, -0.05) is 18.2 Å². The van der Waals surface area contributed by atoms with Crippen molar-refractivity contribution in [3.8, 4) is 0 Å². The van der Waals surface area contributed by atoms with Gasteiger partial charge in [-0.15, -0.1) is 0 Å². The Hall–Kier alpha value is -3.26. The molecular weight excluding hydrogens is 416 g/mol. The van der Waals surface area contributed by atoms with Gasteiger partial charge in [-0.05, 0) is 70.8 Å². The molecule has 1 atom stereocenters. The maximum Gasteiger partial charge on any atom is 0.338 e. The number of piperidine rings is 1. The third-order valence-corrected chi connectivity index (χ3v) is 5.73. The lowest BCUT2D eigenvalue weighted by Crippen LogP contribution is -2.31. The molecule has 0 radical (unpaired) electrons. The van der Waals surface area contributed by atoms with E-state index in [1.165, 1.54) is 0 Å². The summed E-state index contributed by atoms with van der Waals surface area (Å²) in [7, 11) is 0. The number of benzene rings is 1. The van der Waals surface area contributed by atoms with Crippen LogP contribution in [0.25, 0.3) is 10.9 Å². The number of anilines is 2. The van der Waals surface area contributed by atoms with Gasteiger partial charge in [0.15, 0.2) is 5.82 Å². The van der Waals surface area contributed by atoms with E-state index in [4.69, 9.17) is 14.7 Å². The molecule has 1 fully saturated rings. The summed E-state index contributed by atoms with van der Waals surface area (Å²) < 4.78 is 5.67. The number of carbonyl (C=O) groups excluding carboxylic acids is 1. The van der Waals surface area contributed by atoms with Gasteiger partial charge in [0.05, 0.1) is 11.3 Å². The number of aromatic nitrogens is 3. The van der Waals surface area contributed by atoms with Crippen molar-refractivity contribution in [1.29, 1.82) is 0 Å². The molecule has 4 rings (SSSR count). The summed E-state index contributed by atoms with van der Waals surface area (Å²) in [4.78, 5) is 26.5. The van der Waals surface area contributed by atoms with Crippen LogP contribution in [0.3, 0.4) is 0 Å². The van der Waals surface area contributed by atoms with Gasteiger partial charge in [0.2, 0.25) is 5.95 Å². The third-order valence-electron chi connectivity index (χ3n) is 5.73. The lowest BCUT2D eigenvalue weighted by Gasteiger charge is -2.22. The number of esters is 1. The summed E-state index contributed by atoms with van der Waals surface area (Å²) in [6.07, 6.45) is 3.60. The number of rotatable bonds is 8. The van der Waals surface area contributed by atoms with Crippen molar-refractivity contribution in [2.75, 3.05) is 30.3 Å². The second kappa shape index (κ2) is 10.6. The monoisotopic (exact) mass is 448 g/mol. The number of nitrogens with one attached hydrogen (secondary N) is 3. The number of hydrogen-bond acceptors (Lipinski definition) is 8. The Bertz CT molecular complexity index is 1080. The Balaban J connectivity index is 1.55. The van der Waals surface area contributed by atoms with E-state index >= 15 is 0 Å². The second-order valence-electron chi connectivity index (χ2n) is 8.81. The van der Waals surface area contributed by atoms with Crippen LogP contribution in [0.2, 0.25) is 0 Å². The molecule has 2 aromatic heterocycles. The zero-order chi connectivity index (χ0) is 23.2. The molecule has 8 heteroatoms. The zero-order valence-electron chi connectivity index (χ0n) is 19.5. The molecule has 0 aliphatic carbocycles. The van der Waals surface area contributed by atoms with Gasteiger partial charge in [0.1, 0.15) is 11.6 Å². The van der Waals surface area contributed by atoms with Crippen LogP contribution in [0, 0.1) is 5.92 Å². The molecular formula is C25H32N6O2. The molecule has 1 unspecified atom stereocenters.